The molecule has 0 unspecified atom stereocenters. The highest BCUT2D eigenvalue weighted by atomic mass is 16.6. The van der Waals surface area contributed by atoms with E-state index in [2.05, 4.69) is 5.32 Å². The van der Waals surface area contributed by atoms with Crippen LogP contribution in [0.3, 0.4) is 0 Å². The Morgan fingerprint density at radius 3 is 2.65 bits per heavy atom. The van der Waals surface area contributed by atoms with Gasteiger partial charge in [0.2, 0.25) is 0 Å². The van der Waals surface area contributed by atoms with Crippen molar-refractivity contribution in [2.75, 3.05) is 43.6 Å². The van der Waals surface area contributed by atoms with Crippen LogP contribution in [0.5, 0.6) is 5.75 Å². The zero-order valence-electron chi connectivity index (χ0n) is 14.3. The Balaban J connectivity index is 1.87. The number of rotatable bonds is 5. The summed E-state index contributed by atoms with van der Waals surface area (Å²) in [6, 6.07) is 11.5. The van der Waals surface area contributed by atoms with Crippen molar-refractivity contribution >= 4 is 23.0 Å². The van der Waals surface area contributed by atoms with Crippen LogP contribution in [0.1, 0.15) is 10.4 Å². The van der Waals surface area contributed by atoms with Crippen LogP contribution in [0, 0.1) is 10.1 Å². The number of para-hydroxylation sites is 2. The third-order valence-corrected chi connectivity index (χ3v) is 4.14. The lowest BCUT2D eigenvalue weighted by Gasteiger charge is -2.28. The highest BCUT2D eigenvalue weighted by molar-refractivity contribution is 6.05. The van der Waals surface area contributed by atoms with Gasteiger partial charge in [0.15, 0.2) is 0 Å². The number of nitrogens with one attached hydrogen (secondary N) is 1. The highest BCUT2D eigenvalue weighted by Crippen LogP contribution is 2.31. The van der Waals surface area contributed by atoms with Gasteiger partial charge in [0.25, 0.3) is 11.6 Å². The fourth-order valence-electron chi connectivity index (χ4n) is 2.82. The summed E-state index contributed by atoms with van der Waals surface area (Å²) in [6.45, 7) is 2.20. The van der Waals surface area contributed by atoms with E-state index in [1.54, 1.807) is 36.4 Å². The number of carbonyl (C=O) groups is 1. The van der Waals surface area contributed by atoms with Gasteiger partial charge < -0.3 is 19.7 Å². The average Bonchev–Trinajstić information content (AvgIpc) is 2.68. The molecule has 0 bridgehead atoms. The van der Waals surface area contributed by atoms with Gasteiger partial charge in [-0.15, -0.1) is 0 Å². The molecule has 0 spiro atoms. The topological polar surface area (TPSA) is 93.9 Å². The number of methoxy groups -OCH3 is 1. The van der Waals surface area contributed by atoms with E-state index in [4.69, 9.17) is 9.47 Å². The minimum atomic E-state index is -0.468. The number of hydrogen-bond acceptors (Lipinski definition) is 6. The lowest BCUT2D eigenvalue weighted by molar-refractivity contribution is -0.384. The van der Waals surface area contributed by atoms with E-state index in [1.807, 2.05) is 4.90 Å². The maximum atomic E-state index is 12.5. The predicted molar refractivity (Wildman–Crippen MR) is 97.1 cm³/mol. The molecule has 2 aromatic carbocycles. The Bertz CT molecular complexity index is 818. The third kappa shape index (κ3) is 3.75. The molecule has 0 aromatic heterocycles. The molecular weight excluding hydrogens is 338 g/mol. The summed E-state index contributed by atoms with van der Waals surface area (Å²) in [4.78, 5) is 25.4. The predicted octanol–water partition coefficient (Wildman–Crippen LogP) is 2.69. The first kappa shape index (κ1) is 17.7. The number of anilines is 2. The molecule has 1 N–H and O–H groups in total. The molecular formula is C18H19N3O5. The number of nitrogens with zero attached hydrogens (tertiary/aromatic N) is 2. The summed E-state index contributed by atoms with van der Waals surface area (Å²) >= 11 is 0. The zero-order valence-corrected chi connectivity index (χ0v) is 14.3. The van der Waals surface area contributed by atoms with Crippen LogP contribution >= 0.6 is 0 Å². The monoisotopic (exact) mass is 357 g/mol. The molecule has 1 amide bonds. The number of morpholine rings is 1. The van der Waals surface area contributed by atoms with Gasteiger partial charge in [-0.05, 0) is 24.3 Å². The highest BCUT2D eigenvalue weighted by Gasteiger charge is 2.23. The van der Waals surface area contributed by atoms with E-state index >= 15 is 0 Å². The second-order valence-corrected chi connectivity index (χ2v) is 5.71. The van der Waals surface area contributed by atoms with Crippen LogP contribution < -0.4 is 15.0 Å². The van der Waals surface area contributed by atoms with Gasteiger partial charge in [-0.25, -0.2) is 0 Å². The first-order valence-electron chi connectivity index (χ1n) is 8.15. The van der Waals surface area contributed by atoms with Crippen molar-refractivity contribution in [3.63, 3.8) is 0 Å². The number of amides is 1. The molecule has 0 atom stereocenters. The summed E-state index contributed by atoms with van der Waals surface area (Å²) in [5, 5.41) is 14.2. The minimum Gasteiger partial charge on any atom is -0.495 e. The molecule has 0 saturated carbocycles. The summed E-state index contributed by atoms with van der Waals surface area (Å²) in [5.74, 6) is 0.0754. The normalized spacial score (nSPS) is 14.0. The van der Waals surface area contributed by atoms with Gasteiger partial charge in [-0.3, -0.25) is 14.9 Å². The molecule has 3 rings (SSSR count). The van der Waals surface area contributed by atoms with Crippen molar-refractivity contribution in [3.8, 4) is 5.75 Å². The number of nitro benzene ring substituents is 1. The van der Waals surface area contributed by atoms with Gasteiger partial charge in [0.1, 0.15) is 11.4 Å². The second kappa shape index (κ2) is 7.83. The Hall–Kier alpha value is -3.13. The smallest absolute Gasteiger partial charge is 0.293 e. The van der Waals surface area contributed by atoms with E-state index in [0.29, 0.717) is 43.4 Å². The van der Waals surface area contributed by atoms with Gasteiger partial charge in [-0.2, -0.15) is 0 Å². The zero-order chi connectivity index (χ0) is 18.5. The molecule has 1 fully saturated rings. The maximum Gasteiger partial charge on any atom is 0.293 e. The molecule has 1 aliphatic rings. The lowest BCUT2D eigenvalue weighted by atomic mass is 10.1. The standard InChI is InChI=1S/C18H19N3O5/c1-25-17-5-3-2-4-14(17)19-18(22)13-6-7-15(16(12-13)21(23)24)20-8-10-26-11-9-20/h2-7,12H,8-11H2,1H3,(H,19,22). The molecule has 26 heavy (non-hydrogen) atoms. The second-order valence-electron chi connectivity index (χ2n) is 5.71. The first-order chi connectivity index (χ1) is 12.6. The van der Waals surface area contributed by atoms with E-state index in [0.717, 1.165) is 0 Å². The largest absolute Gasteiger partial charge is 0.495 e. The van der Waals surface area contributed by atoms with Crippen LogP contribution in [-0.4, -0.2) is 44.2 Å². The van der Waals surface area contributed by atoms with Crippen molar-refractivity contribution in [2.45, 2.75) is 0 Å². The molecule has 1 heterocycles. The molecule has 1 aliphatic heterocycles. The van der Waals surface area contributed by atoms with Crippen molar-refractivity contribution in [3.05, 3.63) is 58.1 Å². The number of carbonyl (C=O) groups excluding carboxylic acids is 1. The summed E-state index contributed by atoms with van der Waals surface area (Å²) in [6.07, 6.45) is 0. The number of nitro groups is 1. The van der Waals surface area contributed by atoms with E-state index in [-0.39, 0.29) is 11.3 Å². The van der Waals surface area contributed by atoms with Crippen molar-refractivity contribution in [2.24, 2.45) is 0 Å². The van der Waals surface area contributed by atoms with Crippen molar-refractivity contribution in [1.82, 2.24) is 0 Å². The summed E-state index contributed by atoms with van der Waals surface area (Å²) < 4.78 is 10.5. The van der Waals surface area contributed by atoms with Crippen LogP contribution in [0.25, 0.3) is 0 Å². The molecule has 136 valence electrons. The number of hydrogen-bond donors (Lipinski definition) is 1. The van der Waals surface area contributed by atoms with Gasteiger partial charge in [0, 0.05) is 24.7 Å². The fraction of sp³-hybridized carbons (Fsp3) is 0.278. The Labute approximate surface area is 150 Å². The molecule has 0 aliphatic carbocycles. The van der Waals surface area contributed by atoms with E-state index < -0.39 is 10.8 Å². The lowest BCUT2D eigenvalue weighted by Crippen LogP contribution is -2.36. The van der Waals surface area contributed by atoms with E-state index in [9.17, 15) is 14.9 Å². The first-order valence-corrected chi connectivity index (χ1v) is 8.15. The average molecular weight is 357 g/mol. The summed E-state index contributed by atoms with van der Waals surface area (Å²) in [7, 11) is 1.51. The Morgan fingerprint density at radius 1 is 1.23 bits per heavy atom. The van der Waals surface area contributed by atoms with Gasteiger partial charge >= 0.3 is 0 Å². The van der Waals surface area contributed by atoms with Crippen molar-refractivity contribution in [1.29, 1.82) is 0 Å². The summed E-state index contributed by atoms with van der Waals surface area (Å²) in [5.41, 5.74) is 1.10. The molecule has 8 heteroatoms. The molecule has 8 nitrogen and oxygen atoms in total. The number of benzene rings is 2. The van der Waals surface area contributed by atoms with Crippen molar-refractivity contribution < 1.29 is 19.2 Å². The van der Waals surface area contributed by atoms with Crippen LogP contribution in [-0.2, 0) is 4.74 Å². The Kier molecular flexibility index (Phi) is 5.33. The van der Waals surface area contributed by atoms with Gasteiger partial charge in [-0.1, -0.05) is 12.1 Å². The molecule has 0 radical (unpaired) electrons. The maximum absolute atomic E-state index is 12.5. The molecule has 2 aromatic rings. The third-order valence-electron chi connectivity index (χ3n) is 4.14. The quantitative estimate of drug-likeness (QED) is 0.653. The number of ether oxygens (including phenoxy) is 2. The SMILES string of the molecule is COc1ccccc1NC(=O)c1ccc(N2CCOCC2)c([N+](=O)[O-])c1. The van der Waals surface area contributed by atoms with Crippen LogP contribution in [0.15, 0.2) is 42.5 Å². The Morgan fingerprint density at radius 2 is 1.96 bits per heavy atom. The molecule has 1 saturated heterocycles. The van der Waals surface area contributed by atoms with Gasteiger partial charge in [0.05, 0.1) is 30.9 Å². The van der Waals surface area contributed by atoms with E-state index in [1.165, 1.54) is 13.2 Å². The minimum absolute atomic E-state index is 0.0976. The van der Waals surface area contributed by atoms with Crippen LogP contribution in [0.2, 0.25) is 0 Å². The fourth-order valence-corrected chi connectivity index (χ4v) is 2.82. The van der Waals surface area contributed by atoms with Crippen LogP contribution in [0.4, 0.5) is 17.1 Å².